The van der Waals surface area contributed by atoms with Gasteiger partial charge in [0, 0.05) is 43.2 Å². The van der Waals surface area contributed by atoms with Crippen LogP contribution in [0, 0.1) is 0 Å². The van der Waals surface area contributed by atoms with Gasteiger partial charge in [0.15, 0.2) is 16.6 Å². The molecule has 1 atom stereocenters. The van der Waals surface area contributed by atoms with E-state index in [2.05, 4.69) is 21.0 Å². The zero-order chi connectivity index (χ0) is 17.3. The van der Waals surface area contributed by atoms with Crippen molar-refractivity contribution in [3.05, 3.63) is 41.2 Å². The summed E-state index contributed by atoms with van der Waals surface area (Å²) in [7, 11) is 0. The van der Waals surface area contributed by atoms with Gasteiger partial charge >= 0.3 is 0 Å². The third-order valence-electron chi connectivity index (χ3n) is 5.46. The lowest BCUT2D eigenvalue weighted by Crippen LogP contribution is -2.33. The Labute approximate surface area is 157 Å². The van der Waals surface area contributed by atoms with Gasteiger partial charge in [-0.2, -0.15) is 0 Å². The highest BCUT2D eigenvalue weighted by Gasteiger charge is 2.26. The molecule has 2 aromatic heterocycles. The van der Waals surface area contributed by atoms with Crippen LogP contribution in [0.15, 0.2) is 34.9 Å². The van der Waals surface area contributed by atoms with E-state index >= 15 is 0 Å². The van der Waals surface area contributed by atoms with Crippen molar-refractivity contribution in [1.82, 2.24) is 14.9 Å². The number of rotatable bonds is 4. The Morgan fingerprint density at radius 1 is 1.12 bits per heavy atom. The maximum Gasteiger partial charge on any atom is 0.199 e. The molecule has 0 bridgehead atoms. The minimum absolute atomic E-state index is 0.391. The van der Waals surface area contributed by atoms with E-state index in [1.54, 1.807) is 0 Å². The van der Waals surface area contributed by atoms with Crippen molar-refractivity contribution >= 4 is 27.6 Å². The zero-order valence-corrected chi connectivity index (χ0v) is 15.7. The van der Waals surface area contributed by atoms with Crippen LogP contribution in [0.5, 0.6) is 0 Å². The van der Waals surface area contributed by atoms with Crippen LogP contribution in [0.1, 0.15) is 42.4 Å². The summed E-state index contributed by atoms with van der Waals surface area (Å²) in [6, 6.07) is 8.06. The smallest absolute Gasteiger partial charge is 0.199 e. The Morgan fingerprint density at radius 3 is 2.88 bits per heavy atom. The Bertz CT molecular complexity index is 850. The fourth-order valence-corrected chi connectivity index (χ4v) is 5.11. The van der Waals surface area contributed by atoms with E-state index in [1.807, 2.05) is 35.6 Å². The maximum atomic E-state index is 6.02. The molecule has 2 fully saturated rings. The number of para-hydroxylation sites is 2. The quantitative estimate of drug-likeness (QED) is 0.688. The number of hydrogen-bond acceptors (Lipinski definition) is 6. The Hall–Kier alpha value is -1.92. The van der Waals surface area contributed by atoms with Crippen LogP contribution in [-0.2, 0) is 6.54 Å². The van der Waals surface area contributed by atoms with Crippen molar-refractivity contribution in [3.8, 4) is 0 Å². The van der Waals surface area contributed by atoms with Crippen LogP contribution in [0.3, 0.4) is 0 Å². The van der Waals surface area contributed by atoms with Crippen LogP contribution in [0.2, 0.25) is 0 Å². The van der Waals surface area contributed by atoms with Gasteiger partial charge in [-0.3, -0.25) is 4.90 Å². The van der Waals surface area contributed by atoms with E-state index in [0.717, 1.165) is 56.1 Å². The first-order valence-electron chi connectivity index (χ1n) is 9.63. The van der Waals surface area contributed by atoms with Gasteiger partial charge < -0.3 is 9.32 Å². The molecular weight excluding hydrogens is 344 g/mol. The molecule has 2 saturated heterocycles. The van der Waals surface area contributed by atoms with Gasteiger partial charge in [-0.15, -0.1) is 11.3 Å². The topological polar surface area (TPSA) is 45.4 Å². The second-order valence-corrected chi connectivity index (χ2v) is 8.49. The first-order valence-corrected chi connectivity index (χ1v) is 10.4. The molecule has 0 N–H and O–H groups in total. The maximum absolute atomic E-state index is 6.02. The lowest BCUT2D eigenvalue weighted by molar-refractivity contribution is 0.188. The summed E-state index contributed by atoms with van der Waals surface area (Å²) in [5, 5.41) is 1.20. The highest BCUT2D eigenvalue weighted by atomic mass is 32.1. The van der Waals surface area contributed by atoms with Crippen LogP contribution >= 0.6 is 11.3 Å². The SMILES string of the molecule is c1ccc2oc(C3CCCN(Cc4cnc(N5CCCC5)s4)C3)nc2c1. The van der Waals surface area contributed by atoms with Crippen molar-refractivity contribution in [1.29, 1.82) is 0 Å². The number of piperidine rings is 1. The first-order chi connectivity index (χ1) is 12.8. The van der Waals surface area contributed by atoms with E-state index in [-0.39, 0.29) is 0 Å². The predicted molar refractivity (Wildman–Crippen MR) is 105 cm³/mol. The van der Waals surface area contributed by atoms with Crippen molar-refractivity contribution in [2.24, 2.45) is 0 Å². The second kappa shape index (κ2) is 7.00. The van der Waals surface area contributed by atoms with Gasteiger partial charge in [-0.05, 0) is 44.4 Å². The number of likely N-dealkylation sites (tertiary alicyclic amines) is 1. The zero-order valence-electron chi connectivity index (χ0n) is 14.9. The first kappa shape index (κ1) is 16.3. The molecule has 0 amide bonds. The molecule has 1 unspecified atom stereocenters. The monoisotopic (exact) mass is 368 g/mol. The molecule has 1 aromatic carbocycles. The Kier molecular flexibility index (Phi) is 4.38. The Morgan fingerprint density at radius 2 is 2.00 bits per heavy atom. The lowest BCUT2D eigenvalue weighted by Gasteiger charge is -2.30. The molecule has 136 valence electrons. The highest BCUT2D eigenvalue weighted by molar-refractivity contribution is 7.15. The van der Waals surface area contributed by atoms with E-state index in [0.29, 0.717) is 5.92 Å². The van der Waals surface area contributed by atoms with E-state index in [4.69, 9.17) is 9.40 Å². The second-order valence-electron chi connectivity index (χ2n) is 7.40. The fourth-order valence-electron chi connectivity index (χ4n) is 4.11. The summed E-state index contributed by atoms with van der Waals surface area (Å²) in [6.07, 6.45) is 7.02. The molecule has 0 aliphatic carbocycles. The summed E-state index contributed by atoms with van der Waals surface area (Å²) in [5.41, 5.74) is 1.87. The average molecular weight is 369 g/mol. The average Bonchev–Trinajstić information content (AvgIpc) is 3.41. The highest BCUT2D eigenvalue weighted by Crippen LogP contribution is 2.31. The van der Waals surface area contributed by atoms with Gasteiger partial charge in [-0.1, -0.05) is 12.1 Å². The number of anilines is 1. The van der Waals surface area contributed by atoms with Gasteiger partial charge in [-0.25, -0.2) is 9.97 Å². The fraction of sp³-hybridized carbons (Fsp3) is 0.500. The van der Waals surface area contributed by atoms with Crippen molar-refractivity contribution in [2.45, 2.75) is 38.1 Å². The number of aromatic nitrogens is 2. The van der Waals surface area contributed by atoms with Gasteiger partial charge in [0.1, 0.15) is 5.52 Å². The van der Waals surface area contributed by atoms with Crippen molar-refractivity contribution in [3.63, 3.8) is 0 Å². The summed E-state index contributed by atoms with van der Waals surface area (Å²) < 4.78 is 6.02. The summed E-state index contributed by atoms with van der Waals surface area (Å²) >= 11 is 1.86. The number of oxazole rings is 1. The summed E-state index contributed by atoms with van der Waals surface area (Å²) in [4.78, 5) is 15.7. The van der Waals surface area contributed by atoms with Gasteiger partial charge in [0.25, 0.3) is 0 Å². The molecule has 3 aromatic rings. The standard InChI is InChI=1S/C20H24N4OS/c1-2-8-18-17(7-1)22-19(25-18)15-6-5-9-23(13-15)14-16-12-21-20(26-16)24-10-3-4-11-24/h1-2,7-8,12,15H,3-6,9-11,13-14H2. The summed E-state index contributed by atoms with van der Waals surface area (Å²) in [6.45, 7) is 5.48. The minimum Gasteiger partial charge on any atom is -0.440 e. The van der Waals surface area contributed by atoms with Gasteiger partial charge in [0.05, 0.1) is 0 Å². The molecule has 0 radical (unpaired) electrons. The van der Waals surface area contributed by atoms with E-state index in [9.17, 15) is 0 Å². The molecule has 2 aliphatic heterocycles. The third kappa shape index (κ3) is 3.23. The molecule has 4 heterocycles. The minimum atomic E-state index is 0.391. The van der Waals surface area contributed by atoms with Gasteiger partial charge in [0.2, 0.25) is 0 Å². The van der Waals surface area contributed by atoms with Crippen LogP contribution in [-0.4, -0.2) is 41.0 Å². The lowest BCUT2D eigenvalue weighted by atomic mass is 9.98. The molecule has 26 heavy (non-hydrogen) atoms. The molecule has 6 heteroatoms. The number of benzene rings is 1. The molecule has 0 saturated carbocycles. The third-order valence-corrected chi connectivity index (χ3v) is 6.51. The van der Waals surface area contributed by atoms with E-state index in [1.165, 1.54) is 29.3 Å². The molecule has 5 rings (SSSR count). The van der Waals surface area contributed by atoms with Crippen LogP contribution < -0.4 is 4.90 Å². The molecule has 0 spiro atoms. The van der Waals surface area contributed by atoms with E-state index < -0.39 is 0 Å². The summed E-state index contributed by atoms with van der Waals surface area (Å²) in [5.74, 6) is 1.29. The van der Waals surface area contributed by atoms with Crippen molar-refractivity contribution in [2.75, 3.05) is 31.1 Å². The van der Waals surface area contributed by atoms with Crippen LogP contribution in [0.25, 0.3) is 11.1 Å². The number of fused-ring (bicyclic) bond motifs is 1. The molecule has 5 nitrogen and oxygen atoms in total. The molecule has 2 aliphatic rings. The largest absolute Gasteiger partial charge is 0.440 e. The Balaban J connectivity index is 1.27. The normalized spacial score (nSPS) is 21.7. The predicted octanol–water partition coefficient (Wildman–Crippen LogP) is 4.26. The van der Waals surface area contributed by atoms with Crippen molar-refractivity contribution < 1.29 is 4.42 Å². The number of thiazole rings is 1. The number of nitrogens with zero attached hydrogens (tertiary/aromatic N) is 4. The number of hydrogen-bond donors (Lipinski definition) is 0. The molecular formula is C20H24N4OS. The van der Waals surface area contributed by atoms with Crippen LogP contribution in [0.4, 0.5) is 5.13 Å².